The molecule has 9 aliphatic rings. The first-order valence-corrected chi connectivity index (χ1v) is 28.1. The number of benzene rings is 3. The second-order valence-electron chi connectivity index (χ2n) is 16.9. The fraction of sp³-hybridized carbons (Fsp3) is 0.705. The monoisotopic (exact) mass is 933 g/mol. The van der Waals surface area contributed by atoms with Crippen LogP contribution in [-0.2, 0) is 14.2 Å². The Hall–Kier alpha value is -3.06. The van der Waals surface area contributed by atoms with E-state index in [1.165, 1.54) is 47.3 Å². The first-order chi connectivity index (χ1) is 33.2. The summed E-state index contributed by atoms with van der Waals surface area (Å²) in [6.45, 7) is 32.6. The van der Waals surface area contributed by atoms with Crippen LogP contribution in [0, 0.1) is 47.3 Å². The number of para-hydroxylation sites is 3. The second-order valence-corrected chi connectivity index (χ2v) is 16.9. The molecule has 11 unspecified atom stereocenters. The molecule has 3 heterocycles. The minimum Gasteiger partial charge on any atom is -0.491 e. The molecule has 9 fully saturated rings. The van der Waals surface area contributed by atoms with Crippen LogP contribution >= 0.6 is 0 Å². The fourth-order valence-electron chi connectivity index (χ4n) is 10.6. The average molecular weight is 933 g/mol. The second kappa shape index (κ2) is 39.8. The molecule has 0 spiro atoms. The van der Waals surface area contributed by atoms with Gasteiger partial charge in [0.05, 0.1) is 19.8 Å². The summed E-state index contributed by atoms with van der Waals surface area (Å²) in [7, 11) is 0. The summed E-state index contributed by atoms with van der Waals surface area (Å²) in [5.74, 6) is 12.4. The molecule has 3 aromatic carbocycles. The zero-order valence-corrected chi connectivity index (χ0v) is 45.7. The van der Waals surface area contributed by atoms with Crippen LogP contribution in [0.2, 0.25) is 0 Å². The van der Waals surface area contributed by atoms with E-state index in [1.54, 1.807) is 77.0 Å². The molecule has 67 heavy (non-hydrogen) atoms. The normalized spacial score (nSPS) is 28.3. The van der Waals surface area contributed by atoms with Gasteiger partial charge in [0.2, 0.25) is 0 Å². The number of hydrogen-bond acceptors (Lipinski definition) is 6. The van der Waals surface area contributed by atoms with E-state index in [2.05, 4.69) is 0 Å². The Bertz CT molecular complexity index is 1290. The van der Waals surface area contributed by atoms with Gasteiger partial charge >= 0.3 is 0 Å². The van der Waals surface area contributed by atoms with Crippen molar-refractivity contribution in [2.24, 2.45) is 47.3 Å². The highest BCUT2D eigenvalue weighted by Gasteiger charge is 2.49. The van der Waals surface area contributed by atoms with Crippen LogP contribution in [0.3, 0.4) is 0 Å². The lowest BCUT2D eigenvalue weighted by Crippen LogP contribution is -2.15. The van der Waals surface area contributed by atoms with Crippen LogP contribution in [-0.4, -0.2) is 58.0 Å². The molecule has 6 aliphatic carbocycles. The predicted molar refractivity (Wildman–Crippen MR) is 288 cm³/mol. The maximum absolute atomic E-state index is 5.40. The van der Waals surface area contributed by atoms with Crippen molar-refractivity contribution < 1.29 is 28.4 Å². The smallest absolute Gasteiger partial charge is 0.119 e. The van der Waals surface area contributed by atoms with Crippen molar-refractivity contribution in [3.05, 3.63) is 91.0 Å². The van der Waals surface area contributed by atoms with Gasteiger partial charge in [-0.3, -0.25) is 0 Å². The van der Waals surface area contributed by atoms with Gasteiger partial charge in [-0.15, -0.1) is 0 Å². The van der Waals surface area contributed by atoms with Crippen LogP contribution in [0.15, 0.2) is 91.0 Å². The van der Waals surface area contributed by atoms with Gasteiger partial charge in [0.25, 0.3) is 0 Å². The Morgan fingerprint density at radius 1 is 0.328 bits per heavy atom. The van der Waals surface area contributed by atoms with Crippen molar-refractivity contribution in [2.45, 2.75) is 192 Å². The van der Waals surface area contributed by atoms with E-state index in [0.717, 1.165) is 37.1 Å². The number of rotatable bonds is 9. The highest BCUT2D eigenvalue weighted by Crippen LogP contribution is 2.59. The van der Waals surface area contributed by atoms with Crippen molar-refractivity contribution in [1.82, 2.24) is 0 Å². The predicted octanol–water partition coefficient (Wildman–Crippen LogP) is 17.2. The van der Waals surface area contributed by atoms with Gasteiger partial charge in [-0.25, -0.2) is 0 Å². The van der Waals surface area contributed by atoms with Crippen LogP contribution in [0.25, 0.3) is 0 Å². The van der Waals surface area contributed by atoms with Crippen molar-refractivity contribution in [2.75, 3.05) is 39.6 Å². The molecular formula is C61H104O6. The topological polar surface area (TPSA) is 65.3 Å². The number of ether oxygens (including phenoxy) is 6. The molecule has 384 valence electrons. The Labute approximate surface area is 414 Å². The van der Waals surface area contributed by atoms with Crippen LogP contribution in [0.5, 0.6) is 17.2 Å². The molecule has 11 atom stereocenters. The highest BCUT2D eigenvalue weighted by molar-refractivity contribution is 5.22. The summed E-state index contributed by atoms with van der Waals surface area (Å²) in [5, 5.41) is 0. The molecule has 3 aromatic rings. The molecule has 6 saturated carbocycles. The van der Waals surface area contributed by atoms with Crippen molar-refractivity contribution in [3.63, 3.8) is 0 Å². The summed E-state index contributed by atoms with van der Waals surface area (Å²) in [5.41, 5.74) is 0. The Morgan fingerprint density at radius 3 is 0.731 bits per heavy atom. The lowest BCUT2D eigenvalue weighted by molar-refractivity contribution is 0.259. The maximum Gasteiger partial charge on any atom is 0.119 e. The maximum atomic E-state index is 5.40. The third kappa shape index (κ3) is 23.9. The first-order valence-electron chi connectivity index (χ1n) is 28.1. The standard InChI is InChI=1S/2C10H16.3C9H10O2.7C2H6/c2*1-2-9-7-4-5-8(6-7)10(9)3-1;3*1-2-4-8(5-3-1)10-6-9-7-11-9;7*1-2/h2*7-10H,1-6H2;3*1-5,9H,6-7H2;7*1-2H3. The first kappa shape index (κ1) is 62.0. The zero-order chi connectivity index (χ0) is 49.7. The Kier molecular flexibility index (Phi) is 36.8. The summed E-state index contributed by atoms with van der Waals surface area (Å²) in [6.07, 6.45) is 20.1. The average Bonchev–Trinajstić information content (AvgIpc) is 4.34. The van der Waals surface area contributed by atoms with Crippen LogP contribution in [0.1, 0.15) is 174 Å². The molecule has 0 aromatic heterocycles. The van der Waals surface area contributed by atoms with E-state index in [1.807, 2.05) is 188 Å². The van der Waals surface area contributed by atoms with Gasteiger partial charge in [-0.05, 0) is 148 Å². The minimum atomic E-state index is 0.343. The molecule has 4 bridgehead atoms. The highest BCUT2D eigenvalue weighted by atomic mass is 16.6. The summed E-state index contributed by atoms with van der Waals surface area (Å²) in [6, 6.07) is 29.4. The van der Waals surface area contributed by atoms with Gasteiger partial charge in [-0.1, -0.05) is 164 Å². The molecule has 12 rings (SSSR count). The van der Waals surface area contributed by atoms with E-state index in [0.29, 0.717) is 38.1 Å². The Morgan fingerprint density at radius 2 is 0.537 bits per heavy atom. The third-order valence-electron chi connectivity index (χ3n) is 13.4. The SMILES string of the molecule is C1CC2C3CCC(C3)C2C1.C1CC2C3CCC(C3)C2C1.CC.CC.CC.CC.CC.CC.CC.c1ccc(OCC2CO2)cc1.c1ccc(OCC2CO2)cc1.c1ccc(OCC2CO2)cc1. The van der Waals surface area contributed by atoms with E-state index in [-0.39, 0.29) is 0 Å². The van der Waals surface area contributed by atoms with Crippen molar-refractivity contribution in [1.29, 1.82) is 0 Å². The molecule has 0 amide bonds. The van der Waals surface area contributed by atoms with Gasteiger partial charge in [0.1, 0.15) is 55.4 Å². The van der Waals surface area contributed by atoms with E-state index >= 15 is 0 Å². The quantitative estimate of drug-likeness (QED) is 0.199. The lowest BCUT2D eigenvalue weighted by Gasteiger charge is -2.23. The molecule has 3 saturated heterocycles. The summed E-state index contributed by atoms with van der Waals surface area (Å²) in [4.78, 5) is 0. The van der Waals surface area contributed by atoms with Crippen molar-refractivity contribution >= 4 is 0 Å². The summed E-state index contributed by atoms with van der Waals surface area (Å²) < 4.78 is 31.2. The largest absolute Gasteiger partial charge is 0.491 e. The third-order valence-corrected chi connectivity index (χ3v) is 13.4. The van der Waals surface area contributed by atoms with Crippen LogP contribution in [0.4, 0.5) is 0 Å². The number of epoxide rings is 3. The van der Waals surface area contributed by atoms with Gasteiger partial charge in [0, 0.05) is 0 Å². The number of hydrogen-bond donors (Lipinski definition) is 0. The molecule has 0 radical (unpaired) electrons. The molecule has 6 heteroatoms. The lowest BCUT2D eigenvalue weighted by atomic mass is 9.82. The van der Waals surface area contributed by atoms with Crippen molar-refractivity contribution in [3.8, 4) is 17.2 Å². The van der Waals surface area contributed by atoms with Gasteiger partial charge in [-0.2, -0.15) is 0 Å². The van der Waals surface area contributed by atoms with Gasteiger partial charge in [0.15, 0.2) is 0 Å². The molecule has 3 aliphatic heterocycles. The Balaban J connectivity index is 0.000000392. The summed E-state index contributed by atoms with van der Waals surface area (Å²) >= 11 is 0. The fourth-order valence-corrected chi connectivity index (χ4v) is 10.6. The van der Waals surface area contributed by atoms with E-state index < -0.39 is 0 Å². The molecule has 6 nitrogen and oxygen atoms in total. The van der Waals surface area contributed by atoms with E-state index in [4.69, 9.17) is 28.4 Å². The molecular weight excluding hydrogens is 829 g/mol. The molecule has 0 N–H and O–H groups in total. The van der Waals surface area contributed by atoms with E-state index in [9.17, 15) is 0 Å². The minimum absolute atomic E-state index is 0.343. The van der Waals surface area contributed by atoms with Crippen LogP contribution < -0.4 is 14.2 Å². The zero-order valence-electron chi connectivity index (χ0n) is 45.7. The number of fused-ring (bicyclic) bond motifs is 10. The van der Waals surface area contributed by atoms with Gasteiger partial charge < -0.3 is 28.4 Å².